The van der Waals surface area contributed by atoms with Gasteiger partial charge in [0.15, 0.2) is 5.13 Å². The first-order valence-electron chi connectivity index (χ1n) is 8.57. The lowest BCUT2D eigenvalue weighted by Crippen LogP contribution is -2.45. The van der Waals surface area contributed by atoms with E-state index in [4.69, 9.17) is 10.5 Å². The van der Waals surface area contributed by atoms with Gasteiger partial charge in [-0.2, -0.15) is 0 Å². The minimum atomic E-state index is -0.176. The summed E-state index contributed by atoms with van der Waals surface area (Å²) in [5, 5.41) is 2.04. The SMILES string of the molecule is Nc1nc(C(=O)N2C[C@@H]3OCCC(=O)N(Cc4ccccc4)[C@H]3C2)cs1. The van der Waals surface area contributed by atoms with Gasteiger partial charge in [-0.3, -0.25) is 9.59 Å². The van der Waals surface area contributed by atoms with Crippen molar-refractivity contribution in [2.75, 3.05) is 25.4 Å². The first-order chi connectivity index (χ1) is 12.6. The van der Waals surface area contributed by atoms with Crippen LogP contribution >= 0.6 is 11.3 Å². The van der Waals surface area contributed by atoms with Crippen molar-refractivity contribution < 1.29 is 14.3 Å². The van der Waals surface area contributed by atoms with E-state index in [2.05, 4.69) is 4.98 Å². The van der Waals surface area contributed by atoms with Gasteiger partial charge in [-0.1, -0.05) is 30.3 Å². The Morgan fingerprint density at radius 3 is 2.85 bits per heavy atom. The third kappa shape index (κ3) is 3.30. The van der Waals surface area contributed by atoms with Crippen molar-refractivity contribution in [3.8, 4) is 0 Å². The zero-order chi connectivity index (χ0) is 18.1. The number of likely N-dealkylation sites (tertiary alicyclic amines) is 1. The van der Waals surface area contributed by atoms with Crippen LogP contribution in [0.1, 0.15) is 22.5 Å². The van der Waals surface area contributed by atoms with Crippen molar-refractivity contribution in [1.29, 1.82) is 0 Å². The molecule has 0 aliphatic carbocycles. The topological polar surface area (TPSA) is 88.8 Å². The van der Waals surface area contributed by atoms with E-state index in [1.807, 2.05) is 35.2 Å². The lowest BCUT2D eigenvalue weighted by Gasteiger charge is -2.29. The predicted molar refractivity (Wildman–Crippen MR) is 97.6 cm³/mol. The summed E-state index contributed by atoms with van der Waals surface area (Å²) in [6.45, 7) is 1.81. The first-order valence-corrected chi connectivity index (χ1v) is 9.45. The average Bonchev–Trinajstić information content (AvgIpc) is 3.23. The predicted octanol–water partition coefficient (Wildman–Crippen LogP) is 1.37. The Kier molecular flexibility index (Phi) is 4.60. The van der Waals surface area contributed by atoms with Crippen LogP contribution in [0.5, 0.6) is 0 Å². The molecule has 0 saturated carbocycles. The number of carbonyl (C=O) groups is 2. The van der Waals surface area contributed by atoms with Gasteiger partial charge in [-0.25, -0.2) is 4.98 Å². The van der Waals surface area contributed by atoms with Crippen molar-refractivity contribution >= 4 is 28.3 Å². The van der Waals surface area contributed by atoms with Gasteiger partial charge in [-0.15, -0.1) is 11.3 Å². The number of carbonyl (C=O) groups excluding carboxylic acids is 2. The Hall–Kier alpha value is -2.45. The molecule has 2 saturated heterocycles. The maximum absolute atomic E-state index is 12.7. The van der Waals surface area contributed by atoms with Crippen LogP contribution in [0.15, 0.2) is 35.7 Å². The van der Waals surface area contributed by atoms with Crippen molar-refractivity contribution in [3.05, 3.63) is 47.0 Å². The van der Waals surface area contributed by atoms with E-state index in [9.17, 15) is 9.59 Å². The van der Waals surface area contributed by atoms with Gasteiger partial charge >= 0.3 is 0 Å². The summed E-state index contributed by atoms with van der Waals surface area (Å²) in [4.78, 5) is 33.0. The summed E-state index contributed by atoms with van der Waals surface area (Å²) in [5.74, 6) is -0.102. The normalized spacial score (nSPS) is 23.0. The van der Waals surface area contributed by atoms with Gasteiger partial charge in [0.05, 0.1) is 25.2 Å². The second-order valence-corrected chi connectivity index (χ2v) is 7.40. The molecule has 0 bridgehead atoms. The van der Waals surface area contributed by atoms with Gasteiger partial charge < -0.3 is 20.3 Å². The van der Waals surface area contributed by atoms with Gasteiger partial charge in [0.25, 0.3) is 5.91 Å². The molecule has 2 amide bonds. The monoisotopic (exact) mass is 372 g/mol. The zero-order valence-electron chi connectivity index (χ0n) is 14.2. The first kappa shape index (κ1) is 17.0. The number of nitrogens with two attached hydrogens (primary N) is 1. The highest BCUT2D eigenvalue weighted by Gasteiger charge is 2.43. The molecular formula is C18H20N4O3S. The zero-order valence-corrected chi connectivity index (χ0v) is 15.0. The van der Waals surface area contributed by atoms with Crippen LogP contribution in [0, 0.1) is 0 Å². The average molecular weight is 372 g/mol. The molecule has 2 aliphatic rings. The lowest BCUT2D eigenvalue weighted by atomic mass is 10.1. The number of fused-ring (bicyclic) bond motifs is 1. The number of rotatable bonds is 3. The molecule has 7 nitrogen and oxygen atoms in total. The standard InChI is InChI=1S/C18H20N4O3S/c19-18-20-13(11-26-18)17(24)21-9-14-15(10-21)25-7-6-16(23)22(14)8-12-4-2-1-3-5-12/h1-5,11,14-15H,6-10H2,(H2,19,20)/t14-,15-/m0/s1. The molecule has 0 spiro atoms. The molecule has 1 aromatic carbocycles. The molecule has 2 aromatic rings. The van der Waals surface area contributed by atoms with Crippen molar-refractivity contribution in [2.45, 2.75) is 25.1 Å². The van der Waals surface area contributed by atoms with Gasteiger partial charge in [0.2, 0.25) is 5.91 Å². The molecule has 8 heteroatoms. The fraction of sp³-hybridized carbons (Fsp3) is 0.389. The molecule has 2 fully saturated rings. The number of hydrogen-bond donors (Lipinski definition) is 1. The Morgan fingerprint density at radius 2 is 2.12 bits per heavy atom. The molecule has 0 radical (unpaired) electrons. The summed E-state index contributed by atoms with van der Waals surface area (Å²) in [6, 6.07) is 9.74. The maximum atomic E-state index is 12.7. The fourth-order valence-electron chi connectivity index (χ4n) is 3.55. The second-order valence-electron chi connectivity index (χ2n) is 6.51. The molecule has 1 aromatic heterocycles. The summed E-state index contributed by atoms with van der Waals surface area (Å²) in [5.41, 5.74) is 7.06. The molecule has 4 rings (SSSR count). The number of aromatic nitrogens is 1. The van der Waals surface area contributed by atoms with Crippen LogP contribution < -0.4 is 5.73 Å². The highest BCUT2D eigenvalue weighted by atomic mass is 32.1. The third-order valence-electron chi connectivity index (χ3n) is 4.83. The van der Waals surface area contributed by atoms with Crippen LogP contribution in [0.4, 0.5) is 5.13 Å². The van der Waals surface area contributed by atoms with Crippen LogP contribution in [0.3, 0.4) is 0 Å². The van der Waals surface area contributed by atoms with Crippen molar-refractivity contribution in [2.24, 2.45) is 0 Å². The fourth-order valence-corrected chi connectivity index (χ4v) is 4.08. The Labute approximate surface area is 155 Å². The Bertz CT molecular complexity index is 810. The number of ether oxygens (including phenoxy) is 1. The quantitative estimate of drug-likeness (QED) is 0.879. The number of hydrogen-bond acceptors (Lipinski definition) is 6. The van der Waals surface area contributed by atoms with Crippen LogP contribution in [-0.4, -0.2) is 58.4 Å². The summed E-state index contributed by atoms with van der Waals surface area (Å²) >= 11 is 1.25. The van der Waals surface area contributed by atoms with Gasteiger partial charge in [0, 0.05) is 25.0 Å². The van der Waals surface area contributed by atoms with E-state index in [0.29, 0.717) is 43.5 Å². The van der Waals surface area contributed by atoms with Crippen molar-refractivity contribution in [3.63, 3.8) is 0 Å². The number of nitrogen functional groups attached to an aromatic ring is 1. The Balaban J connectivity index is 1.54. The van der Waals surface area contributed by atoms with Crippen molar-refractivity contribution in [1.82, 2.24) is 14.8 Å². The molecule has 0 unspecified atom stereocenters. The number of amides is 2. The highest BCUT2D eigenvalue weighted by Crippen LogP contribution is 2.26. The summed E-state index contributed by atoms with van der Waals surface area (Å²) < 4.78 is 5.89. The lowest BCUT2D eigenvalue weighted by molar-refractivity contribution is -0.133. The molecule has 2 aliphatic heterocycles. The van der Waals surface area contributed by atoms with Crippen LogP contribution in [-0.2, 0) is 16.1 Å². The molecule has 136 valence electrons. The highest BCUT2D eigenvalue weighted by molar-refractivity contribution is 7.13. The second kappa shape index (κ2) is 7.05. The van der Waals surface area contributed by atoms with Crippen LogP contribution in [0.25, 0.3) is 0 Å². The van der Waals surface area contributed by atoms with E-state index in [1.54, 1.807) is 10.3 Å². The summed E-state index contributed by atoms with van der Waals surface area (Å²) in [6.07, 6.45) is 0.196. The third-order valence-corrected chi connectivity index (χ3v) is 5.50. The number of nitrogens with zero attached hydrogens (tertiary/aromatic N) is 3. The van der Waals surface area contributed by atoms with Gasteiger partial charge in [-0.05, 0) is 5.56 Å². The Morgan fingerprint density at radius 1 is 1.31 bits per heavy atom. The van der Waals surface area contributed by atoms with E-state index in [0.717, 1.165) is 5.56 Å². The molecule has 26 heavy (non-hydrogen) atoms. The minimum absolute atomic E-state index is 0.0635. The maximum Gasteiger partial charge on any atom is 0.273 e. The number of thiazole rings is 1. The minimum Gasteiger partial charge on any atom is -0.375 e. The molecular weight excluding hydrogens is 352 g/mol. The van der Waals surface area contributed by atoms with E-state index in [1.165, 1.54) is 11.3 Å². The van der Waals surface area contributed by atoms with Gasteiger partial charge in [0.1, 0.15) is 5.69 Å². The number of anilines is 1. The van der Waals surface area contributed by atoms with E-state index in [-0.39, 0.29) is 24.0 Å². The number of benzene rings is 1. The molecule has 2 N–H and O–H groups in total. The molecule has 2 atom stereocenters. The van der Waals surface area contributed by atoms with E-state index < -0.39 is 0 Å². The smallest absolute Gasteiger partial charge is 0.273 e. The largest absolute Gasteiger partial charge is 0.375 e. The molecule has 3 heterocycles. The van der Waals surface area contributed by atoms with Crippen LogP contribution in [0.2, 0.25) is 0 Å². The van der Waals surface area contributed by atoms with E-state index >= 15 is 0 Å². The summed E-state index contributed by atoms with van der Waals surface area (Å²) in [7, 11) is 0.